The Balaban J connectivity index is 2.00. The first-order chi connectivity index (χ1) is 11.0. The summed E-state index contributed by atoms with van der Waals surface area (Å²) in [4.78, 5) is 4.50. The summed E-state index contributed by atoms with van der Waals surface area (Å²) in [5.74, 6) is 0.772. The summed E-state index contributed by atoms with van der Waals surface area (Å²) in [6, 6.07) is 10.8. The topological polar surface area (TPSA) is 21.6 Å². The molecule has 2 aromatic rings. The number of fused-ring (bicyclic) bond motifs is 1. The van der Waals surface area contributed by atoms with Gasteiger partial charge in [0, 0.05) is 9.99 Å². The summed E-state index contributed by atoms with van der Waals surface area (Å²) >= 11 is 2.25. The number of hydrogen-bond donors (Lipinski definition) is 0. The van der Waals surface area contributed by atoms with E-state index in [0.717, 1.165) is 44.7 Å². The Labute approximate surface area is 145 Å². The highest BCUT2D eigenvalue weighted by molar-refractivity contribution is 14.1. The lowest BCUT2D eigenvalue weighted by molar-refractivity contribution is -0.137. The fourth-order valence-electron chi connectivity index (χ4n) is 2.45. The van der Waals surface area contributed by atoms with Crippen LogP contribution in [-0.2, 0) is 6.18 Å². The Hall–Kier alpha value is -1.57. The highest BCUT2D eigenvalue weighted by atomic mass is 127. The van der Waals surface area contributed by atoms with Crippen LogP contribution in [0.25, 0.3) is 11.1 Å². The van der Waals surface area contributed by atoms with E-state index in [9.17, 15) is 13.2 Å². The Morgan fingerprint density at radius 2 is 1.74 bits per heavy atom. The molecule has 3 rings (SSSR count). The van der Waals surface area contributed by atoms with Crippen LogP contribution in [-0.4, -0.2) is 23.3 Å². The molecule has 0 unspecified atom stereocenters. The van der Waals surface area contributed by atoms with E-state index in [0.29, 0.717) is 13.2 Å². The summed E-state index contributed by atoms with van der Waals surface area (Å²) in [5.41, 5.74) is 2.80. The van der Waals surface area contributed by atoms with Crippen molar-refractivity contribution in [1.82, 2.24) is 0 Å². The molecule has 0 aromatic heterocycles. The number of rotatable bonds is 2. The second-order valence-electron chi connectivity index (χ2n) is 5.10. The average Bonchev–Trinajstić information content (AvgIpc) is 2.75. The summed E-state index contributed by atoms with van der Waals surface area (Å²) in [5, 5.41) is 0. The van der Waals surface area contributed by atoms with Crippen molar-refractivity contribution in [2.24, 2.45) is 4.99 Å². The van der Waals surface area contributed by atoms with Gasteiger partial charge in [-0.1, -0.05) is 40.8 Å². The predicted octanol–water partition coefficient (Wildman–Crippen LogP) is 4.99. The summed E-state index contributed by atoms with van der Waals surface area (Å²) < 4.78 is 44.4. The number of hydrogen-bond acceptors (Lipinski definition) is 2. The Morgan fingerprint density at radius 1 is 1.04 bits per heavy atom. The van der Waals surface area contributed by atoms with Crippen LogP contribution in [0.5, 0.6) is 5.75 Å². The van der Waals surface area contributed by atoms with Crippen molar-refractivity contribution >= 4 is 28.3 Å². The van der Waals surface area contributed by atoms with Gasteiger partial charge in [-0.15, -0.1) is 0 Å². The largest absolute Gasteiger partial charge is 0.491 e. The molecule has 0 spiro atoms. The molecule has 1 aliphatic heterocycles. The highest BCUT2D eigenvalue weighted by Crippen LogP contribution is 2.33. The predicted molar refractivity (Wildman–Crippen MR) is 92.7 cm³/mol. The number of alkyl halides is 4. The van der Waals surface area contributed by atoms with Gasteiger partial charge in [-0.2, -0.15) is 13.2 Å². The maximum atomic E-state index is 12.7. The first-order valence-electron chi connectivity index (χ1n) is 7.03. The van der Waals surface area contributed by atoms with Crippen LogP contribution in [0.4, 0.5) is 13.2 Å². The zero-order valence-electron chi connectivity index (χ0n) is 12.0. The molecule has 0 saturated heterocycles. The van der Waals surface area contributed by atoms with Gasteiger partial charge in [-0.25, -0.2) is 0 Å². The molecule has 23 heavy (non-hydrogen) atoms. The van der Waals surface area contributed by atoms with Crippen molar-refractivity contribution in [2.45, 2.75) is 6.18 Å². The number of nitrogens with zero attached hydrogens (tertiary/aromatic N) is 1. The number of halogens is 4. The molecule has 0 aliphatic carbocycles. The first-order valence-corrected chi connectivity index (χ1v) is 8.56. The van der Waals surface area contributed by atoms with Gasteiger partial charge in [-0.05, 0) is 35.4 Å². The van der Waals surface area contributed by atoms with Crippen LogP contribution in [0.3, 0.4) is 0 Å². The van der Waals surface area contributed by atoms with Gasteiger partial charge < -0.3 is 4.74 Å². The molecule has 0 atom stereocenters. The third kappa shape index (κ3) is 3.52. The van der Waals surface area contributed by atoms with Gasteiger partial charge in [-0.3, -0.25) is 4.99 Å². The molecule has 120 valence electrons. The van der Waals surface area contributed by atoms with E-state index in [1.165, 1.54) is 12.1 Å². The number of aliphatic imine (C=N–C) groups is 1. The van der Waals surface area contributed by atoms with Gasteiger partial charge in [0.2, 0.25) is 0 Å². The zero-order chi connectivity index (χ0) is 16.4. The minimum absolute atomic E-state index is 0.534. The molecule has 2 aromatic carbocycles. The molecule has 0 amide bonds. The molecule has 6 heteroatoms. The van der Waals surface area contributed by atoms with Crippen molar-refractivity contribution in [3.05, 3.63) is 53.6 Å². The quantitative estimate of drug-likeness (QED) is 0.485. The summed E-state index contributed by atoms with van der Waals surface area (Å²) in [6.45, 7) is 1.15. The van der Waals surface area contributed by atoms with Crippen molar-refractivity contribution in [1.29, 1.82) is 0 Å². The zero-order valence-corrected chi connectivity index (χ0v) is 14.2. The second kappa shape index (κ2) is 6.51. The Bertz CT molecular complexity index is 738. The second-order valence-corrected chi connectivity index (χ2v) is 5.86. The lowest BCUT2D eigenvalue weighted by Gasteiger charge is -2.12. The van der Waals surface area contributed by atoms with Gasteiger partial charge in [0.25, 0.3) is 0 Å². The lowest BCUT2D eigenvalue weighted by Crippen LogP contribution is -2.04. The van der Waals surface area contributed by atoms with E-state index in [-0.39, 0.29) is 0 Å². The van der Waals surface area contributed by atoms with Crippen molar-refractivity contribution in [3.8, 4) is 16.9 Å². The highest BCUT2D eigenvalue weighted by Gasteiger charge is 2.30. The fourth-order valence-corrected chi connectivity index (χ4v) is 3.10. The minimum atomic E-state index is -4.32. The molecule has 0 N–H and O–H groups in total. The number of benzene rings is 2. The van der Waals surface area contributed by atoms with Gasteiger partial charge >= 0.3 is 6.18 Å². The van der Waals surface area contributed by atoms with Crippen molar-refractivity contribution < 1.29 is 17.9 Å². The van der Waals surface area contributed by atoms with E-state index < -0.39 is 11.7 Å². The minimum Gasteiger partial charge on any atom is -0.491 e. The standard InChI is InChI=1S/C17H13F3INO/c18-17(19,20)13-4-1-11(2-5-13)12-3-6-16-14(9-12)15(10-21)22-7-8-23-16/h1-6,9H,7-8,10H2. The van der Waals surface area contributed by atoms with Crippen LogP contribution in [0.1, 0.15) is 11.1 Å². The molecule has 1 heterocycles. The van der Waals surface area contributed by atoms with E-state index in [4.69, 9.17) is 4.74 Å². The van der Waals surface area contributed by atoms with Crippen molar-refractivity contribution in [3.63, 3.8) is 0 Å². The van der Waals surface area contributed by atoms with Crippen LogP contribution >= 0.6 is 22.6 Å². The molecular weight excluding hydrogens is 418 g/mol. The molecular formula is C17H13F3INO. The smallest absolute Gasteiger partial charge is 0.416 e. The Morgan fingerprint density at radius 3 is 2.39 bits per heavy atom. The maximum Gasteiger partial charge on any atom is 0.416 e. The summed E-state index contributed by atoms with van der Waals surface area (Å²) in [7, 11) is 0. The van der Waals surface area contributed by atoms with Gasteiger partial charge in [0.15, 0.2) is 0 Å². The maximum absolute atomic E-state index is 12.7. The van der Waals surface area contributed by atoms with E-state index in [1.807, 2.05) is 18.2 Å². The third-order valence-electron chi connectivity index (χ3n) is 3.61. The summed E-state index contributed by atoms with van der Waals surface area (Å²) in [6.07, 6.45) is -4.32. The van der Waals surface area contributed by atoms with Gasteiger partial charge in [0.1, 0.15) is 12.4 Å². The Kier molecular flexibility index (Phi) is 4.61. The van der Waals surface area contributed by atoms with Crippen LogP contribution in [0.2, 0.25) is 0 Å². The molecule has 1 aliphatic rings. The fraction of sp³-hybridized carbons (Fsp3) is 0.235. The lowest BCUT2D eigenvalue weighted by atomic mass is 9.99. The van der Waals surface area contributed by atoms with Crippen LogP contribution in [0.15, 0.2) is 47.5 Å². The van der Waals surface area contributed by atoms with Crippen LogP contribution < -0.4 is 4.74 Å². The van der Waals surface area contributed by atoms with E-state index in [2.05, 4.69) is 27.6 Å². The number of ether oxygens (including phenoxy) is 1. The average molecular weight is 431 g/mol. The first kappa shape index (κ1) is 16.3. The van der Waals surface area contributed by atoms with E-state index in [1.54, 1.807) is 0 Å². The van der Waals surface area contributed by atoms with Crippen LogP contribution in [0, 0.1) is 0 Å². The SMILES string of the molecule is FC(F)(F)c1ccc(-c2ccc3c(c2)C(CI)=NCCO3)cc1. The molecule has 0 radical (unpaired) electrons. The molecule has 0 fully saturated rings. The molecule has 0 saturated carbocycles. The third-order valence-corrected chi connectivity index (χ3v) is 4.34. The normalized spacial score (nSPS) is 14.5. The monoisotopic (exact) mass is 431 g/mol. The van der Waals surface area contributed by atoms with Gasteiger partial charge in [0.05, 0.1) is 17.8 Å². The molecule has 2 nitrogen and oxygen atoms in total. The molecule has 0 bridgehead atoms. The van der Waals surface area contributed by atoms with E-state index >= 15 is 0 Å². The van der Waals surface area contributed by atoms with Crippen molar-refractivity contribution in [2.75, 3.05) is 17.6 Å².